The van der Waals surface area contributed by atoms with Gasteiger partial charge in [-0.05, 0) is 35.3 Å². The van der Waals surface area contributed by atoms with E-state index < -0.39 is 7.12 Å². The second-order valence-corrected chi connectivity index (χ2v) is 4.46. The molecule has 2 N–H and O–H groups in total. The maximum absolute atomic E-state index is 9.14. The molecule has 0 aliphatic carbocycles. The molecule has 0 spiro atoms. The van der Waals surface area contributed by atoms with Gasteiger partial charge in [-0.1, -0.05) is 12.1 Å². The zero-order valence-electron chi connectivity index (χ0n) is 11.9. The van der Waals surface area contributed by atoms with Crippen LogP contribution in [-0.2, 0) is 6.61 Å². The molecule has 0 saturated carbocycles. The number of rotatable bonds is 6. The van der Waals surface area contributed by atoms with Gasteiger partial charge in [0.2, 0.25) is 0 Å². The van der Waals surface area contributed by atoms with Gasteiger partial charge < -0.3 is 24.3 Å². The van der Waals surface area contributed by atoms with Crippen molar-refractivity contribution >= 4 is 12.6 Å². The zero-order chi connectivity index (χ0) is 15.2. The Morgan fingerprint density at radius 2 is 1.57 bits per heavy atom. The summed E-state index contributed by atoms with van der Waals surface area (Å²) in [4.78, 5) is 0. The van der Waals surface area contributed by atoms with E-state index in [-0.39, 0.29) is 0 Å². The van der Waals surface area contributed by atoms with Crippen molar-refractivity contribution in [3.63, 3.8) is 0 Å². The van der Waals surface area contributed by atoms with E-state index in [0.717, 1.165) is 5.56 Å². The standard InChI is InChI=1S/C15H17BO5/c1-19-14-6-11(7-15(9-14)20-2)10-21-13-5-3-4-12(8-13)16(17)18/h3-9,17-18H,10H2,1-2H3. The highest BCUT2D eigenvalue weighted by Crippen LogP contribution is 2.23. The third-order valence-corrected chi connectivity index (χ3v) is 2.97. The molecule has 0 radical (unpaired) electrons. The van der Waals surface area contributed by atoms with Crippen LogP contribution >= 0.6 is 0 Å². The molecule has 0 bridgehead atoms. The topological polar surface area (TPSA) is 68.2 Å². The lowest BCUT2D eigenvalue weighted by molar-refractivity contribution is 0.304. The van der Waals surface area contributed by atoms with Crippen LogP contribution in [0.5, 0.6) is 17.2 Å². The van der Waals surface area contributed by atoms with Crippen LogP contribution in [0.4, 0.5) is 0 Å². The second-order valence-electron chi connectivity index (χ2n) is 4.46. The first-order valence-electron chi connectivity index (χ1n) is 6.43. The second kappa shape index (κ2) is 7.01. The molecule has 0 fully saturated rings. The van der Waals surface area contributed by atoms with Gasteiger partial charge in [0.15, 0.2) is 0 Å². The van der Waals surface area contributed by atoms with Gasteiger partial charge in [0.05, 0.1) is 14.2 Å². The summed E-state index contributed by atoms with van der Waals surface area (Å²) in [6, 6.07) is 12.2. The summed E-state index contributed by atoms with van der Waals surface area (Å²) >= 11 is 0. The summed E-state index contributed by atoms with van der Waals surface area (Å²) in [6.45, 7) is 0.318. The van der Waals surface area contributed by atoms with Crippen molar-refractivity contribution in [2.75, 3.05) is 14.2 Å². The number of benzene rings is 2. The molecule has 2 aromatic rings. The Morgan fingerprint density at radius 3 is 2.14 bits per heavy atom. The molecular weight excluding hydrogens is 271 g/mol. The van der Waals surface area contributed by atoms with Crippen molar-refractivity contribution in [2.45, 2.75) is 6.61 Å². The number of methoxy groups -OCH3 is 2. The minimum absolute atomic E-state index is 0.318. The molecule has 0 amide bonds. The largest absolute Gasteiger partial charge is 0.497 e. The maximum Gasteiger partial charge on any atom is 0.488 e. The van der Waals surface area contributed by atoms with Crippen molar-refractivity contribution < 1.29 is 24.3 Å². The minimum atomic E-state index is -1.51. The molecule has 0 aliphatic heterocycles. The van der Waals surface area contributed by atoms with Crippen molar-refractivity contribution in [3.8, 4) is 17.2 Å². The fraction of sp³-hybridized carbons (Fsp3) is 0.200. The monoisotopic (exact) mass is 288 g/mol. The van der Waals surface area contributed by atoms with Gasteiger partial charge >= 0.3 is 7.12 Å². The Labute approximate surface area is 123 Å². The van der Waals surface area contributed by atoms with E-state index in [0.29, 0.717) is 29.3 Å². The predicted octanol–water partition coefficient (Wildman–Crippen LogP) is 0.963. The third-order valence-electron chi connectivity index (χ3n) is 2.97. The first-order chi connectivity index (χ1) is 10.1. The lowest BCUT2D eigenvalue weighted by atomic mass is 9.80. The van der Waals surface area contributed by atoms with Crippen LogP contribution in [0.2, 0.25) is 0 Å². The lowest BCUT2D eigenvalue weighted by Gasteiger charge is -2.11. The minimum Gasteiger partial charge on any atom is -0.497 e. The highest BCUT2D eigenvalue weighted by atomic mass is 16.5. The number of hydrogen-bond acceptors (Lipinski definition) is 5. The van der Waals surface area contributed by atoms with Crippen LogP contribution in [-0.4, -0.2) is 31.4 Å². The van der Waals surface area contributed by atoms with Crippen molar-refractivity contribution in [3.05, 3.63) is 48.0 Å². The Hall–Kier alpha value is -2.18. The van der Waals surface area contributed by atoms with Gasteiger partial charge in [-0.3, -0.25) is 0 Å². The number of ether oxygens (including phenoxy) is 3. The van der Waals surface area contributed by atoms with Gasteiger partial charge in [-0.25, -0.2) is 0 Å². The average molecular weight is 288 g/mol. The maximum atomic E-state index is 9.14. The third kappa shape index (κ3) is 4.14. The molecule has 2 rings (SSSR count). The molecule has 0 aliphatic rings. The van der Waals surface area contributed by atoms with Crippen LogP contribution in [0.1, 0.15) is 5.56 Å². The Balaban J connectivity index is 2.10. The Morgan fingerprint density at radius 1 is 0.905 bits per heavy atom. The molecule has 110 valence electrons. The van der Waals surface area contributed by atoms with Gasteiger partial charge in [-0.2, -0.15) is 0 Å². The molecule has 0 unspecified atom stereocenters. The summed E-state index contributed by atoms with van der Waals surface area (Å²) < 4.78 is 16.0. The van der Waals surface area contributed by atoms with E-state index >= 15 is 0 Å². The highest BCUT2D eigenvalue weighted by Gasteiger charge is 2.11. The van der Waals surface area contributed by atoms with E-state index in [1.165, 1.54) is 0 Å². The summed E-state index contributed by atoms with van der Waals surface area (Å²) in [5.74, 6) is 1.93. The van der Waals surface area contributed by atoms with Gasteiger partial charge in [0.1, 0.15) is 23.9 Å². The Kier molecular flexibility index (Phi) is 5.08. The van der Waals surface area contributed by atoms with E-state index in [1.807, 2.05) is 12.1 Å². The van der Waals surface area contributed by atoms with E-state index in [2.05, 4.69) is 0 Å². The molecule has 5 nitrogen and oxygen atoms in total. The fourth-order valence-electron chi connectivity index (χ4n) is 1.88. The molecule has 0 aromatic heterocycles. The molecule has 0 heterocycles. The Bertz CT molecular complexity index is 578. The van der Waals surface area contributed by atoms with Crippen LogP contribution in [0.25, 0.3) is 0 Å². The zero-order valence-corrected chi connectivity index (χ0v) is 11.9. The van der Waals surface area contributed by atoms with Gasteiger partial charge in [0.25, 0.3) is 0 Å². The average Bonchev–Trinajstić information content (AvgIpc) is 2.52. The molecule has 2 aromatic carbocycles. The molecule has 0 saturated heterocycles. The molecule has 6 heteroatoms. The first kappa shape index (κ1) is 15.2. The smallest absolute Gasteiger partial charge is 0.488 e. The molecular formula is C15H17BO5. The molecule has 0 atom stereocenters. The predicted molar refractivity (Wildman–Crippen MR) is 80.1 cm³/mol. The summed E-state index contributed by atoms with van der Waals surface area (Å²) in [7, 11) is 1.67. The quantitative estimate of drug-likeness (QED) is 0.775. The van der Waals surface area contributed by atoms with Crippen LogP contribution < -0.4 is 19.7 Å². The van der Waals surface area contributed by atoms with Crippen LogP contribution in [0.3, 0.4) is 0 Å². The van der Waals surface area contributed by atoms with Crippen LogP contribution in [0, 0.1) is 0 Å². The first-order valence-corrected chi connectivity index (χ1v) is 6.43. The fourth-order valence-corrected chi connectivity index (χ4v) is 1.88. The summed E-state index contributed by atoms with van der Waals surface area (Å²) in [5, 5.41) is 18.3. The summed E-state index contributed by atoms with van der Waals surface area (Å²) in [5.41, 5.74) is 1.27. The van der Waals surface area contributed by atoms with E-state index in [9.17, 15) is 0 Å². The van der Waals surface area contributed by atoms with Crippen molar-refractivity contribution in [2.24, 2.45) is 0 Å². The van der Waals surface area contributed by atoms with Gasteiger partial charge in [0, 0.05) is 6.07 Å². The van der Waals surface area contributed by atoms with E-state index in [1.54, 1.807) is 44.6 Å². The summed E-state index contributed by atoms with van der Waals surface area (Å²) in [6.07, 6.45) is 0. The normalized spacial score (nSPS) is 10.1. The highest BCUT2D eigenvalue weighted by molar-refractivity contribution is 6.58. The number of hydrogen-bond donors (Lipinski definition) is 2. The SMILES string of the molecule is COc1cc(COc2cccc(B(O)O)c2)cc(OC)c1. The van der Waals surface area contributed by atoms with Gasteiger partial charge in [-0.15, -0.1) is 0 Å². The van der Waals surface area contributed by atoms with Crippen LogP contribution in [0.15, 0.2) is 42.5 Å². The van der Waals surface area contributed by atoms with Crippen molar-refractivity contribution in [1.82, 2.24) is 0 Å². The van der Waals surface area contributed by atoms with Crippen molar-refractivity contribution in [1.29, 1.82) is 0 Å². The molecule has 21 heavy (non-hydrogen) atoms. The lowest BCUT2D eigenvalue weighted by Crippen LogP contribution is -2.29. The van der Waals surface area contributed by atoms with E-state index in [4.69, 9.17) is 24.3 Å².